The molecule has 2 aromatic rings. The molecule has 1 N–H and O–H groups in total. The van der Waals surface area contributed by atoms with Gasteiger partial charge in [0.05, 0.1) is 17.1 Å². The van der Waals surface area contributed by atoms with Crippen molar-refractivity contribution >= 4 is 33.4 Å². The molecule has 0 radical (unpaired) electrons. The number of esters is 1. The van der Waals surface area contributed by atoms with Crippen molar-refractivity contribution in [1.29, 1.82) is 0 Å². The molecule has 3 fully saturated rings. The number of hydroxylamine groups is 1. The van der Waals surface area contributed by atoms with Crippen LogP contribution >= 0.6 is 15.9 Å². The summed E-state index contributed by atoms with van der Waals surface area (Å²) in [4.78, 5) is 33.6. The Morgan fingerprint density at radius 3 is 2.49 bits per heavy atom. The van der Waals surface area contributed by atoms with Gasteiger partial charge < -0.3 is 9.84 Å². The fourth-order valence-corrected chi connectivity index (χ4v) is 7.03. The molecule has 4 aliphatic rings. The van der Waals surface area contributed by atoms with Crippen LogP contribution < -0.4 is 5.06 Å². The maximum atomic E-state index is 13.7. The van der Waals surface area contributed by atoms with Crippen LogP contribution in [0.15, 0.2) is 71.2 Å². The fraction of sp³-hybridized carbons (Fsp3) is 0.429. The summed E-state index contributed by atoms with van der Waals surface area (Å²) < 4.78 is 7.02. The second-order valence-electron chi connectivity index (χ2n) is 10.5. The number of ether oxygens (including phenoxy) is 1. The topological polar surface area (TPSA) is 76.1 Å². The lowest BCUT2D eigenvalue weighted by Crippen LogP contribution is -2.57. The van der Waals surface area contributed by atoms with Gasteiger partial charge >= 0.3 is 5.97 Å². The zero-order chi connectivity index (χ0) is 24.6. The van der Waals surface area contributed by atoms with Gasteiger partial charge in [0.1, 0.15) is 11.7 Å². The SMILES string of the molecule is C[C@H]1CC[C@@H]2[C@@H](OC(=O)C23C[C@H](c2ccc(Br)cc2)N(c2ccccc2)O3)[C@]2(C)C(=O)C=C[C@@]12O. The van der Waals surface area contributed by atoms with E-state index < -0.39 is 28.7 Å². The first kappa shape index (κ1) is 23.0. The van der Waals surface area contributed by atoms with Gasteiger partial charge in [0.2, 0.25) is 5.60 Å². The first-order chi connectivity index (χ1) is 16.7. The van der Waals surface area contributed by atoms with E-state index in [1.165, 1.54) is 6.08 Å². The Bertz CT molecular complexity index is 1220. The van der Waals surface area contributed by atoms with Crippen LogP contribution in [0.1, 0.15) is 44.7 Å². The van der Waals surface area contributed by atoms with E-state index in [4.69, 9.17) is 9.57 Å². The van der Waals surface area contributed by atoms with E-state index in [1.54, 1.807) is 13.0 Å². The Hall–Kier alpha value is -2.48. The van der Waals surface area contributed by atoms with Crippen molar-refractivity contribution in [2.24, 2.45) is 17.3 Å². The van der Waals surface area contributed by atoms with Gasteiger partial charge in [-0.1, -0.05) is 53.2 Å². The van der Waals surface area contributed by atoms with Crippen molar-refractivity contribution in [3.8, 4) is 0 Å². The van der Waals surface area contributed by atoms with E-state index in [1.807, 2.05) is 66.6 Å². The van der Waals surface area contributed by atoms with E-state index in [-0.39, 0.29) is 23.7 Å². The molecular formula is C28H28BrNO5. The largest absolute Gasteiger partial charge is 0.459 e. The number of carbonyl (C=O) groups is 2. The highest BCUT2D eigenvalue weighted by atomic mass is 79.9. The normalized spacial score (nSPS) is 40.1. The van der Waals surface area contributed by atoms with Crippen molar-refractivity contribution < 1.29 is 24.3 Å². The molecule has 7 atom stereocenters. The van der Waals surface area contributed by atoms with Crippen LogP contribution in [0.3, 0.4) is 0 Å². The Kier molecular flexibility index (Phi) is 5.09. The maximum absolute atomic E-state index is 13.7. The highest BCUT2D eigenvalue weighted by molar-refractivity contribution is 9.10. The number of nitrogens with zero attached hydrogens (tertiary/aromatic N) is 1. The van der Waals surface area contributed by atoms with E-state index in [0.29, 0.717) is 19.3 Å². The molecule has 2 heterocycles. The molecule has 2 aliphatic carbocycles. The number of halogens is 1. The van der Waals surface area contributed by atoms with Gasteiger partial charge in [0.25, 0.3) is 0 Å². The molecule has 1 unspecified atom stereocenters. The number of rotatable bonds is 2. The predicted molar refractivity (Wildman–Crippen MR) is 133 cm³/mol. The first-order valence-corrected chi connectivity index (χ1v) is 13.0. The first-order valence-electron chi connectivity index (χ1n) is 12.2. The van der Waals surface area contributed by atoms with Gasteiger partial charge in [-0.05, 0) is 67.7 Å². The number of anilines is 1. The summed E-state index contributed by atoms with van der Waals surface area (Å²) in [6.45, 7) is 3.71. The molecule has 2 aromatic carbocycles. The summed E-state index contributed by atoms with van der Waals surface area (Å²) in [5.41, 5.74) is -1.98. The van der Waals surface area contributed by atoms with Crippen LogP contribution in [0.4, 0.5) is 5.69 Å². The molecular weight excluding hydrogens is 510 g/mol. The minimum atomic E-state index is -1.36. The molecule has 182 valence electrons. The van der Waals surface area contributed by atoms with Crippen LogP contribution in [0, 0.1) is 17.3 Å². The van der Waals surface area contributed by atoms with Gasteiger partial charge in [-0.25, -0.2) is 9.86 Å². The summed E-state index contributed by atoms with van der Waals surface area (Å²) in [6.07, 6.45) is 3.96. The number of para-hydroxylation sites is 1. The summed E-state index contributed by atoms with van der Waals surface area (Å²) in [6, 6.07) is 17.6. The number of aliphatic hydroxyl groups is 1. The van der Waals surface area contributed by atoms with Crippen LogP contribution in [0.5, 0.6) is 0 Å². The van der Waals surface area contributed by atoms with Crippen molar-refractivity contribution in [1.82, 2.24) is 0 Å². The molecule has 1 saturated carbocycles. The third-order valence-corrected chi connectivity index (χ3v) is 9.44. The van der Waals surface area contributed by atoms with E-state index in [0.717, 1.165) is 15.7 Å². The molecule has 1 spiro atoms. The third kappa shape index (κ3) is 3.01. The molecule has 6 nitrogen and oxygen atoms in total. The minimum absolute atomic E-state index is 0.162. The number of allylic oxidation sites excluding steroid dienone is 1. The van der Waals surface area contributed by atoms with Crippen LogP contribution in [0.25, 0.3) is 0 Å². The molecule has 6 rings (SSSR count). The lowest BCUT2D eigenvalue weighted by atomic mass is 9.63. The summed E-state index contributed by atoms with van der Waals surface area (Å²) in [5.74, 6) is -1.18. The Labute approximate surface area is 213 Å². The third-order valence-electron chi connectivity index (χ3n) is 8.91. The zero-order valence-electron chi connectivity index (χ0n) is 19.7. The van der Waals surface area contributed by atoms with Gasteiger partial charge in [0.15, 0.2) is 5.78 Å². The van der Waals surface area contributed by atoms with E-state index in [2.05, 4.69) is 15.9 Å². The van der Waals surface area contributed by atoms with Crippen molar-refractivity contribution in [2.75, 3.05) is 5.06 Å². The van der Waals surface area contributed by atoms with Crippen LogP contribution in [0.2, 0.25) is 0 Å². The lowest BCUT2D eigenvalue weighted by Gasteiger charge is -2.43. The molecule has 2 aliphatic heterocycles. The van der Waals surface area contributed by atoms with Crippen molar-refractivity contribution in [2.45, 2.75) is 56.5 Å². The number of carbonyl (C=O) groups excluding carboxylic acids is 2. The number of fused-ring (bicyclic) bond motifs is 4. The number of hydrogen-bond donors (Lipinski definition) is 1. The Morgan fingerprint density at radius 2 is 1.77 bits per heavy atom. The summed E-state index contributed by atoms with van der Waals surface area (Å²) >= 11 is 3.51. The molecule has 7 heteroatoms. The number of benzene rings is 2. The fourth-order valence-electron chi connectivity index (χ4n) is 6.77. The van der Waals surface area contributed by atoms with Crippen molar-refractivity contribution in [3.05, 3.63) is 76.8 Å². The van der Waals surface area contributed by atoms with Gasteiger partial charge in [-0.2, -0.15) is 0 Å². The quantitative estimate of drug-likeness (QED) is 0.548. The molecule has 0 bridgehead atoms. The van der Waals surface area contributed by atoms with Gasteiger partial charge in [0, 0.05) is 16.8 Å². The summed E-state index contributed by atoms with van der Waals surface area (Å²) in [5, 5.41) is 13.5. The zero-order valence-corrected chi connectivity index (χ0v) is 21.3. The monoisotopic (exact) mass is 537 g/mol. The standard InChI is InChI=1S/C28H28BrNO5/c1-17-8-13-21-24(26(2)23(31)14-15-28(17,26)33)34-25(32)27(21)16-22(18-9-11-19(29)12-10-18)30(35-27)20-6-4-3-5-7-20/h3-7,9-12,14-15,17,21-22,24,33H,8,13,16H2,1-2H3/t17-,21+,22+,24+,26-,27?,28+/m0/s1. The predicted octanol–water partition coefficient (Wildman–Crippen LogP) is 4.92. The van der Waals surface area contributed by atoms with Gasteiger partial charge in [-0.3, -0.25) is 9.63 Å². The molecule has 2 saturated heterocycles. The number of ketones is 1. The summed E-state index contributed by atoms with van der Waals surface area (Å²) in [7, 11) is 0. The van der Waals surface area contributed by atoms with E-state index >= 15 is 0 Å². The highest BCUT2D eigenvalue weighted by Crippen LogP contribution is 2.61. The maximum Gasteiger partial charge on any atom is 0.342 e. The van der Waals surface area contributed by atoms with Gasteiger partial charge in [-0.15, -0.1) is 0 Å². The van der Waals surface area contributed by atoms with Crippen LogP contribution in [-0.4, -0.2) is 34.2 Å². The Morgan fingerprint density at radius 1 is 1.06 bits per heavy atom. The Balaban J connectivity index is 1.46. The molecule has 35 heavy (non-hydrogen) atoms. The van der Waals surface area contributed by atoms with Crippen LogP contribution in [-0.2, 0) is 19.2 Å². The second-order valence-corrected chi connectivity index (χ2v) is 11.5. The average molecular weight is 538 g/mol. The molecule has 0 amide bonds. The van der Waals surface area contributed by atoms with Crippen molar-refractivity contribution in [3.63, 3.8) is 0 Å². The highest BCUT2D eigenvalue weighted by Gasteiger charge is 2.74. The average Bonchev–Trinajstić information content (AvgIpc) is 3.45. The molecule has 0 aromatic heterocycles. The lowest BCUT2D eigenvalue weighted by molar-refractivity contribution is -0.169. The second kappa shape index (κ2) is 7.76. The van der Waals surface area contributed by atoms with E-state index in [9.17, 15) is 14.7 Å². The minimum Gasteiger partial charge on any atom is -0.459 e. The smallest absolute Gasteiger partial charge is 0.342 e. The number of hydrogen-bond acceptors (Lipinski definition) is 6.